The van der Waals surface area contributed by atoms with Gasteiger partial charge in [0.1, 0.15) is 30.5 Å². The molecule has 0 saturated carbocycles. The molecule has 4 rings (SSSR count). The zero-order valence-corrected chi connectivity index (χ0v) is 20.0. The van der Waals surface area contributed by atoms with Crippen molar-refractivity contribution in [3.63, 3.8) is 0 Å². The quantitative estimate of drug-likeness (QED) is 0.455. The molecule has 0 spiro atoms. The Bertz CT molecular complexity index is 1250. The molecule has 0 saturated heterocycles. The number of hydrogen-bond donors (Lipinski definition) is 1. The normalized spacial score (nSPS) is 14.1. The van der Waals surface area contributed by atoms with Gasteiger partial charge in [0.05, 0.1) is 20.1 Å². The van der Waals surface area contributed by atoms with E-state index >= 15 is 0 Å². The van der Waals surface area contributed by atoms with Crippen LogP contribution in [0.1, 0.15) is 41.5 Å². The molecule has 0 amide bonds. The predicted octanol–water partition coefficient (Wildman–Crippen LogP) is 5.05. The van der Waals surface area contributed by atoms with Crippen LogP contribution in [-0.4, -0.2) is 30.8 Å². The van der Waals surface area contributed by atoms with Crippen LogP contribution < -0.4 is 9.47 Å². The summed E-state index contributed by atoms with van der Waals surface area (Å²) in [6.45, 7) is 4.13. The first kappa shape index (κ1) is 24.1. The van der Waals surface area contributed by atoms with Crippen molar-refractivity contribution in [2.24, 2.45) is 0 Å². The van der Waals surface area contributed by atoms with Gasteiger partial charge >= 0.3 is 11.9 Å². The molecule has 1 heterocycles. The molecule has 1 aliphatic rings. The highest BCUT2D eigenvalue weighted by Crippen LogP contribution is 2.38. The molecule has 1 aliphatic heterocycles. The Balaban J connectivity index is 1.50. The number of rotatable bonds is 8. The summed E-state index contributed by atoms with van der Waals surface area (Å²) >= 11 is 0. The van der Waals surface area contributed by atoms with Gasteiger partial charge in [0.15, 0.2) is 0 Å². The van der Waals surface area contributed by atoms with Crippen LogP contribution in [0.2, 0.25) is 0 Å². The summed E-state index contributed by atoms with van der Waals surface area (Å²) in [7, 11) is 1.38. The second kappa shape index (κ2) is 10.5. The SMILES string of the molecule is COC(=O)CC1COc2cc(OCc3cccc(-c4c(C)cc(O)cc4COC(C)=O)c3)ccc21. The fourth-order valence-corrected chi connectivity index (χ4v) is 4.33. The Hall–Kier alpha value is -4.00. The first-order chi connectivity index (χ1) is 16.8. The average molecular weight is 477 g/mol. The van der Waals surface area contributed by atoms with Crippen LogP contribution in [0.3, 0.4) is 0 Å². The van der Waals surface area contributed by atoms with Gasteiger partial charge < -0.3 is 24.1 Å². The minimum absolute atomic E-state index is 0.0158. The molecular weight excluding hydrogens is 448 g/mol. The Labute approximate surface area is 204 Å². The molecule has 35 heavy (non-hydrogen) atoms. The van der Waals surface area contributed by atoms with Gasteiger partial charge in [0.25, 0.3) is 0 Å². The number of phenolic OH excluding ortho intramolecular Hbond substituents is 1. The predicted molar refractivity (Wildman–Crippen MR) is 129 cm³/mol. The number of carbonyl (C=O) groups is 2. The molecule has 0 fully saturated rings. The third kappa shape index (κ3) is 5.74. The lowest BCUT2D eigenvalue weighted by molar-refractivity contribution is -0.142. The smallest absolute Gasteiger partial charge is 0.306 e. The molecule has 3 aromatic rings. The Morgan fingerprint density at radius 2 is 1.91 bits per heavy atom. The number of aromatic hydroxyl groups is 1. The van der Waals surface area contributed by atoms with Crippen LogP contribution >= 0.6 is 0 Å². The fourth-order valence-electron chi connectivity index (χ4n) is 4.33. The van der Waals surface area contributed by atoms with E-state index in [1.54, 1.807) is 12.1 Å². The van der Waals surface area contributed by atoms with Crippen molar-refractivity contribution in [2.75, 3.05) is 13.7 Å². The summed E-state index contributed by atoms with van der Waals surface area (Å²) in [5, 5.41) is 10.0. The van der Waals surface area contributed by atoms with E-state index in [0.717, 1.165) is 39.1 Å². The number of benzene rings is 3. The van der Waals surface area contributed by atoms with Crippen LogP contribution in [0.4, 0.5) is 0 Å². The van der Waals surface area contributed by atoms with Gasteiger partial charge in [0, 0.05) is 30.0 Å². The van der Waals surface area contributed by atoms with E-state index in [1.807, 2.05) is 49.4 Å². The first-order valence-electron chi connectivity index (χ1n) is 11.4. The van der Waals surface area contributed by atoms with Gasteiger partial charge in [-0.3, -0.25) is 9.59 Å². The number of ether oxygens (including phenoxy) is 4. The molecule has 3 aromatic carbocycles. The van der Waals surface area contributed by atoms with E-state index in [9.17, 15) is 14.7 Å². The number of aryl methyl sites for hydroxylation is 1. The van der Waals surface area contributed by atoms with Crippen molar-refractivity contribution in [3.05, 3.63) is 76.9 Å². The number of methoxy groups -OCH3 is 1. The second-order valence-electron chi connectivity index (χ2n) is 8.55. The summed E-state index contributed by atoms with van der Waals surface area (Å²) in [6, 6.07) is 16.9. The molecule has 0 aliphatic carbocycles. The number of carbonyl (C=O) groups excluding carboxylic acids is 2. The van der Waals surface area contributed by atoms with Crippen molar-refractivity contribution in [1.82, 2.24) is 0 Å². The number of hydrogen-bond acceptors (Lipinski definition) is 7. The third-order valence-corrected chi connectivity index (χ3v) is 5.96. The summed E-state index contributed by atoms with van der Waals surface area (Å²) in [6.07, 6.45) is 0.284. The second-order valence-corrected chi connectivity index (χ2v) is 8.55. The molecule has 1 N–H and O–H groups in total. The van der Waals surface area contributed by atoms with E-state index in [0.29, 0.717) is 19.0 Å². The van der Waals surface area contributed by atoms with Crippen molar-refractivity contribution in [1.29, 1.82) is 0 Å². The lowest BCUT2D eigenvalue weighted by atomic mass is 9.94. The molecule has 1 unspecified atom stereocenters. The summed E-state index contributed by atoms with van der Waals surface area (Å²) in [5.74, 6) is 0.864. The topological polar surface area (TPSA) is 91.3 Å². The maximum Gasteiger partial charge on any atom is 0.306 e. The standard InChI is InChI=1S/C28H28O7/c1-17-9-23(30)11-22(16-33-18(2)29)28(17)20-6-4-5-19(10-20)14-34-24-7-8-25-21(12-27(31)32-3)15-35-26(25)13-24/h4-11,13,21,30H,12,14-16H2,1-3H3. The van der Waals surface area contributed by atoms with Gasteiger partial charge in [-0.15, -0.1) is 0 Å². The lowest BCUT2D eigenvalue weighted by Gasteiger charge is -2.15. The van der Waals surface area contributed by atoms with Crippen molar-refractivity contribution in [2.45, 2.75) is 39.4 Å². The minimum atomic E-state index is -0.381. The van der Waals surface area contributed by atoms with Crippen LogP contribution in [-0.2, 0) is 32.3 Å². The van der Waals surface area contributed by atoms with E-state index < -0.39 is 0 Å². The molecule has 7 nitrogen and oxygen atoms in total. The van der Waals surface area contributed by atoms with Gasteiger partial charge in [-0.2, -0.15) is 0 Å². The first-order valence-corrected chi connectivity index (χ1v) is 11.4. The molecular formula is C28H28O7. The average Bonchev–Trinajstić information content (AvgIpc) is 3.23. The molecule has 0 aromatic heterocycles. The minimum Gasteiger partial charge on any atom is -0.508 e. The van der Waals surface area contributed by atoms with Crippen molar-refractivity contribution < 1.29 is 33.6 Å². The maximum absolute atomic E-state index is 11.6. The molecule has 0 bridgehead atoms. The van der Waals surface area contributed by atoms with Gasteiger partial charge in [-0.05, 0) is 53.4 Å². The van der Waals surface area contributed by atoms with Crippen molar-refractivity contribution >= 4 is 11.9 Å². The van der Waals surface area contributed by atoms with E-state index in [-0.39, 0.29) is 36.6 Å². The fraction of sp³-hybridized carbons (Fsp3) is 0.286. The maximum atomic E-state index is 11.6. The van der Waals surface area contributed by atoms with E-state index in [1.165, 1.54) is 14.0 Å². The van der Waals surface area contributed by atoms with E-state index in [4.69, 9.17) is 18.9 Å². The highest BCUT2D eigenvalue weighted by Gasteiger charge is 2.27. The van der Waals surface area contributed by atoms with Gasteiger partial charge in [-0.25, -0.2) is 0 Å². The Morgan fingerprint density at radius 3 is 2.69 bits per heavy atom. The summed E-state index contributed by atoms with van der Waals surface area (Å²) in [4.78, 5) is 22.9. The zero-order chi connectivity index (χ0) is 24.9. The number of fused-ring (bicyclic) bond motifs is 1. The van der Waals surface area contributed by atoms with Gasteiger partial charge in [0.2, 0.25) is 0 Å². The molecule has 182 valence electrons. The van der Waals surface area contributed by atoms with Crippen molar-refractivity contribution in [3.8, 4) is 28.4 Å². The summed E-state index contributed by atoms with van der Waals surface area (Å²) in [5.41, 5.74) is 5.39. The van der Waals surface area contributed by atoms with Crippen LogP contribution in [0.25, 0.3) is 11.1 Å². The molecule has 1 atom stereocenters. The van der Waals surface area contributed by atoms with Gasteiger partial charge in [-0.1, -0.05) is 24.3 Å². The Kier molecular flexibility index (Phi) is 7.25. The Morgan fingerprint density at radius 1 is 1.09 bits per heavy atom. The lowest BCUT2D eigenvalue weighted by Crippen LogP contribution is -2.09. The highest BCUT2D eigenvalue weighted by molar-refractivity contribution is 5.73. The van der Waals surface area contributed by atoms with Crippen LogP contribution in [0, 0.1) is 6.92 Å². The van der Waals surface area contributed by atoms with Crippen LogP contribution in [0.15, 0.2) is 54.6 Å². The highest BCUT2D eigenvalue weighted by atomic mass is 16.5. The largest absolute Gasteiger partial charge is 0.508 e. The zero-order valence-electron chi connectivity index (χ0n) is 20.0. The monoisotopic (exact) mass is 476 g/mol. The molecule has 0 radical (unpaired) electrons. The van der Waals surface area contributed by atoms with Crippen LogP contribution in [0.5, 0.6) is 17.2 Å². The van der Waals surface area contributed by atoms with E-state index in [2.05, 4.69) is 0 Å². The summed E-state index contributed by atoms with van der Waals surface area (Å²) < 4.78 is 21.7. The number of esters is 2. The number of phenols is 1. The molecule has 7 heteroatoms. The third-order valence-electron chi connectivity index (χ3n) is 5.96.